The van der Waals surface area contributed by atoms with Crippen LogP contribution in [0.2, 0.25) is 0 Å². The minimum absolute atomic E-state index is 0. The summed E-state index contributed by atoms with van der Waals surface area (Å²) in [5.74, 6) is 1.44. The molecule has 1 saturated carbocycles. The van der Waals surface area contributed by atoms with E-state index in [2.05, 4.69) is 55.6 Å². The van der Waals surface area contributed by atoms with Crippen LogP contribution in [0.5, 0.6) is 0 Å². The molecule has 1 aromatic carbocycles. The number of nitrogens with one attached hydrogen (secondary N) is 2. The Morgan fingerprint density at radius 1 is 1.21 bits per heavy atom. The largest absolute Gasteiger partial charge is 0.354 e. The van der Waals surface area contributed by atoms with E-state index < -0.39 is 0 Å². The highest BCUT2D eigenvalue weighted by Gasteiger charge is 2.25. The van der Waals surface area contributed by atoms with Gasteiger partial charge in [-0.3, -0.25) is 4.79 Å². The lowest BCUT2D eigenvalue weighted by molar-refractivity contribution is 0.0953. The molecule has 0 unspecified atom stereocenters. The highest BCUT2D eigenvalue weighted by Crippen LogP contribution is 2.37. The summed E-state index contributed by atoms with van der Waals surface area (Å²) in [4.78, 5) is 25.4. The number of carbonyl (C=O) groups is 1. The highest BCUT2D eigenvalue weighted by molar-refractivity contribution is 9.10. The Morgan fingerprint density at radius 3 is 2.71 bits per heavy atom. The van der Waals surface area contributed by atoms with Gasteiger partial charge in [0.25, 0.3) is 5.91 Å². The molecule has 1 aliphatic heterocycles. The molecule has 2 N–H and O–H groups in total. The maximum atomic E-state index is 12.7. The van der Waals surface area contributed by atoms with Crippen LogP contribution in [0, 0.1) is 5.92 Å². The maximum Gasteiger partial charge on any atom is 0.252 e. The van der Waals surface area contributed by atoms with Gasteiger partial charge >= 0.3 is 0 Å². The third-order valence-electron chi connectivity index (χ3n) is 6.37. The smallest absolute Gasteiger partial charge is 0.252 e. The van der Waals surface area contributed by atoms with Crippen LogP contribution >= 0.6 is 52.1 Å². The molecule has 2 aromatic heterocycles. The van der Waals surface area contributed by atoms with E-state index in [0.29, 0.717) is 12.0 Å². The molecule has 3 aromatic rings. The number of benzene rings is 1. The van der Waals surface area contributed by atoms with Gasteiger partial charge < -0.3 is 15.5 Å². The van der Waals surface area contributed by atoms with Gasteiger partial charge in [-0.05, 0) is 92.3 Å². The zero-order valence-electron chi connectivity index (χ0n) is 19.1. The molecule has 10 heteroatoms. The number of nitrogens with zero attached hydrogens (tertiary/aromatic N) is 3. The fourth-order valence-corrected chi connectivity index (χ4v) is 5.86. The van der Waals surface area contributed by atoms with Crippen LogP contribution in [-0.2, 0) is 0 Å². The van der Waals surface area contributed by atoms with E-state index in [1.807, 2.05) is 18.3 Å². The second kappa shape index (κ2) is 12.0. The Balaban J connectivity index is 0.00000162. The number of aromatic nitrogens is 2. The molecule has 1 saturated heterocycles. The maximum absolute atomic E-state index is 12.7. The highest BCUT2D eigenvalue weighted by atomic mass is 79.9. The molecular formula is C24H30BrCl2N5OS. The SMILES string of the molecule is CN1CCC(CCNc2ncc(Br)c(-c3cc4c(C(=O)NC5CC5)cccc4s3)n2)CC1.Cl.Cl. The van der Waals surface area contributed by atoms with Crippen molar-refractivity contribution in [3.8, 4) is 10.6 Å². The molecule has 0 atom stereocenters. The third kappa shape index (κ3) is 6.40. The Hall–Kier alpha value is -1.45. The van der Waals surface area contributed by atoms with Gasteiger partial charge in [-0.2, -0.15) is 0 Å². The van der Waals surface area contributed by atoms with Gasteiger partial charge in [-0.15, -0.1) is 36.2 Å². The quantitative estimate of drug-likeness (QED) is 0.355. The van der Waals surface area contributed by atoms with Crippen molar-refractivity contribution in [2.75, 3.05) is 32.0 Å². The summed E-state index contributed by atoms with van der Waals surface area (Å²) in [6.45, 7) is 3.26. The van der Waals surface area contributed by atoms with Gasteiger partial charge in [0.2, 0.25) is 5.95 Å². The lowest BCUT2D eigenvalue weighted by Gasteiger charge is -2.28. The second-order valence-electron chi connectivity index (χ2n) is 8.93. The number of halogens is 3. The van der Waals surface area contributed by atoms with E-state index in [9.17, 15) is 4.79 Å². The number of rotatable bonds is 7. The van der Waals surface area contributed by atoms with Gasteiger partial charge in [0, 0.05) is 34.4 Å². The summed E-state index contributed by atoms with van der Waals surface area (Å²) in [5, 5.41) is 7.50. The molecule has 5 rings (SSSR count). The van der Waals surface area contributed by atoms with Crippen molar-refractivity contribution in [3.63, 3.8) is 0 Å². The minimum atomic E-state index is 0. The molecule has 0 spiro atoms. The lowest BCUT2D eigenvalue weighted by atomic mass is 9.94. The molecule has 1 aliphatic carbocycles. The first-order chi connectivity index (χ1) is 15.6. The van der Waals surface area contributed by atoms with Crippen molar-refractivity contribution in [1.82, 2.24) is 20.2 Å². The van der Waals surface area contributed by atoms with Crippen molar-refractivity contribution in [3.05, 3.63) is 40.5 Å². The predicted octanol–water partition coefficient (Wildman–Crippen LogP) is 6.00. The van der Waals surface area contributed by atoms with Crippen molar-refractivity contribution < 1.29 is 4.79 Å². The van der Waals surface area contributed by atoms with E-state index in [1.54, 1.807) is 11.3 Å². The molecule has 0 radical (unpaired) electrons. The number of piperidine rings is 1. The fourth-order valence-electron chi connectivity index (χ4n) is 4.23. The normalized spacial score (nSPS) is 16.5. The molecule has 3 heterocycles. The summed E-state index contributed by atoms with van der Waals surface area (Å²) in [7, 11) is 2.20. The van der Waals surface area contributed by atoms with E-state index in [4.69, 9.17) is 4.98 Å². The van der Waals surface area contributed by atoms with Crippen molar-refractivity contribution in [2.24, 2.45) is 5.92 Å². The second-order valence-corrected chi connectivity index (χ2v) is 10.9. The lowest BCUT2D eigenvalue weighted by Crippen LogP contribution is -2.30. The number of thiophene rings is 1. The van der Waals surface area contributed by atoms with Crippen LogP contribution in [-0.4, -0.2) is 53.5 Å². The Morgan fingerprint density at radius 2 is 1.97 bits per heavy atom. The monoisotopic (exact) mass is 585 g/mol. The molecule has 0 bridgehead atoms. The predicted molar refractivity (Wildman–Crippen MR) is 149 cm³/mol. The van der Waals surface area contributed by atoms with Crippen LogP contribution in [0.25, 0.3) is 20.7 Å². The van der Waals surface area contributed by atoms with E-state index in [-0.39, 0.29) is 30.7 Å². The zero-order valence-corrected chi connectivity index (χ0v) is 23.1. The summed E-state index contributed by atoms with van der Waals surface area (Å²) < 4.78 is 1.94. The Bertz CT molecular complexity index is 1130. The molecule has 2 aliphatic rings. The van der Waals surface area contributed by atoms with Crippen LogP contribution in [0.4, 0.5) is 5.95 Å². The van der Waals surface area contributed by atoms with E-state index in [0.717, 1.165) is 62.4 Å². The average Bonchev–Trinajstić information content (AvgIpc) is 3.50. The van der Waals surface area contributed by atoms with Crippen LogP contribution in [0.1, 0.15) is 42.5 Å². The minimum Gasteiger partial charge on any atom is -0.354 e. The number of anilines is 1. The van der Waals surface area contributed by atoms with E-state index in [1.165, 1.54) is 25.9 Å². The van der Waals surface area contributed by atoms with Gasteiger partial charge in [0.05, 0.1) is 9.35 Å². The summed E-state index contributed by atoms with van der Waals surface area (Å²) in [6.07, 6.45) is 7.65. The third-order valence-corrected chi connectivity index (χ3v) is 8.06. The topological polar surface area (TPSA) is 70.2 Å². The van der Waals surface area contributed by atoms with Gasteiger partial charge in [0.15, 0.2) is 0 Å². The van der Waals surface area contributed by atoms with Crippen LogP contribution in [0.3, 0.4) is 0 Å². The Labute approximate surface area is 225 Å². The van der Waals surface area contributed by atoms with Crippen molar-refractivity contribution in [1.29, 1.82) is 0 Å². The number of carbonyl (C=O) groups excluding carboxylic acids is 1. The zero-order chi connectivity index (χ0) is 22.1. The number of fused-ring (bicyclic) bond motifs is 1. The van der Waals surface area contributed by atoms with E-state index >= 15 is 0 Å². The first kappa shape index (κ1) is 27.1. The number of hydrogen-bond acceptors (Lipinski definition) is 6. The first-order valence-electron chi connectivity index (χ1n) is 11.4. The standard InChI is InChI=1S/C24H28BrN5OS.2ClH/c1-30-11-8-15(9-12-30)7-10-26-24-27-14-19(25)22(29-24)21-13-18-17(3-2-4-20(18)32-21)23(31)28-16-5-6-16;;/h2-4,13-16H,5-12H2,1H3,(H,28,31)(H,26,27,29);2*1H. The first-order valence-corrected chi connectivity index (χ1v) is 13.0. The average molecular weight is 587 g/mol. The summed E-state index contributed by atoms with van der Waals surface area (Å²) in [6, 6.07) is 8.34. The molecule has 1 amide bonds. The fraction of sp³-hybridized carbons (Fsp3) is 0.458. The van der Waals surface area contributed by atoms with Gasteiger partial charge in [0.1, 0.15) is 5.69 Å². The molecule has 2 fully saturated rings. The summed E-state index contributed by atoms with van der Waals surface area (Å²) in [5.41, 5.74) is 1.59. The molecular weight excluding hydrogens is 557 g/mol. The van der Waals surface area contributed by atoms with Gasteiger partial charge in [-0.1, -0.05) is 6.07 Å². The number of likely N-dealkylation sites (tertiary alicyclic amines) is 1. The Kier molecular flexibility index (Phi) is 9.57. The molecule has 6 nitrogen and oxygen atoms in total. The molecule has 184 valence electrons. The van der Waals surface area contributed by atoms with Gasteiger partial charge in [-0.25, -0.2) is 9.97 Å². The van der Waals surface area contributed by atoms with Crippen molar-refractivity contribution >= 4 is 74.0 Å². The molecule has 34 heavy (non-hydrogen) atoms. The van der Waals surface area contributed by atoms with Crippen LogP contribution in [0.15, 0.2) is 34.9 Å². The number of amides is 1. The van der Waals surface area contributed by atoms with Crippen LogP contribution < -0.4 is 10.6 Å². The van der Waals surface area contributed by atoms with Crippen molar-refractivity contribution in [2.45, 2.75) is 38.1 Å². The summed E-state index contributed by atoms with van der Waals surface area (Å²) >= 11 is 5.27. The number of hydrogen-bond donors (Lipinski definition) is 2.